The lowest BCUT2D eigenvalue weighted by Crippen LogP contribution is -2.18. The number of amides is 1. The summed E-state index contributed by atoms with van der Waals surface area (Å²) in [6.45, 7) is 2.72. The summed E-state index contributed by atoms with van der Waals surface area (Å²) in [6.07, 6.45) is 5.22. The molecule has 1 aliphatic rings. The molecule has 6 rings (SSSR count). The molecule has 0 bridgehead atoms. The topological polar surface area (TPSA) is 107 Å². The maximum absolute atomic E-state index is 13.2. The van der Waals surface area contributed by atoms with Crippen molar-refractivity contribution in [2.75, 3.05) is 11.9 Å². The van der Waals surface area contributed by atoms with E-state index in [1.165, 1.54) is 18.5 Å². The van der Waals surface area contributed by atoms with Crippen LogP contribution in [0.2, 0.25) is 0 Å². The Hall–Kier alpha value is -5.17. The van der Waals surface area contributed by atoms with Gasteiger partial charge in [0.05, 0.1) is 23.3 Å². The summed E-state index contributed by atoms with van der Waals surface area (Å²) in [5.41, 5.74) is 4.57. The molecule has 1 unspecified atom stereocenters. The van der Waals surface area contributed by atoms with Gasteiger partial charge in [-0.25, -0.2) is 18.9 Å². The van der Waals surface area contributed by atoms with Gasteiger partial charge in [0.15, 0.2) is 0 Å². The van der Waals surface area contributed by atoms with Crippen LogP contribution in [-0.4, -0.2) is 32.0 Å². The molecular weight excluding hydrogens is 535 g/mol. The van der Waals surface area contributed by atoms with Crippen LogP contribution in [0.25, 0.3) is 22.2 Å². The van der Waals surface area contributed by atoms with E-state index in [2.05, 4.69) is 26.0 Å². The molecular formula is C32H29FN6O3. The number of nitriles is 1. The molecule has 1 atom stereocenters. The number of anilines is 1. The Morgan fingerprint density at radius 1 is 1.14 bits per heavy atom. The number of nitrogens with one attached hydrogen (secondary N) is 1. The van der Waals surface area contributed by atoms with E-state index in [4.69, 9.17) is 9.47 Å². The van der Waals surface area contributed by atoms with Crippen molar-refractivity contribution < 1.29 is 18.7 Å². The lowest BCUT2D eigenvalue weighted by Gasteiger charge is -2.30. The van der Waals surface area contributed by atoms with Crippen LogP contribution in [0.15, 0.2) is 79.4 Å². The third-order valence-electron chi connectivity index (χ3n) is 7.61. The Kier molecular flexibility index (Phi) is 7.56. The number of ether oxygens (including phenoxy) is 2. The van der Waals surface area contributed by atoms with Crippen molar-refractivity contribution in [2.45, 2.75) is 44.9 Å². The summed E-state index contributed by atoms with van der Waals surface area (Å²) < 4.78 is 28.6. The molecule has 3 aromatic carbocycles. The van der Waals surface area contributed by atoms with Crippen molar-refractivity contribution in [1.82, 2.24) is 19.3 Å². The van der Waals surface area contributed by atoms with Crippen LogP contribution in [0, 0.1) is 17.1 Å². The molecule has 1 N–H and O–H groups in total. The molecule has 5 aromatic rings. The van der Waals surface area contributed by atoms with Gasteiger partial charge in [-0.1, -0.05) is 24.3 Å². The molecule has 9 nitrogen and oxygen atoms in total. The molecule has 2 aromatic heterocycles. The third kappa shape index (κ3) is 5.54. The number of rotatable bonds is 9. The number of hydrogen-bond acceptors (Lipinski definition) is 6. The fraction of sp³-hybridized carbons (Fsp3) is 0.250. The quantitative estimate of drug-likeness (QED) is 0.206. The number of aromatic nitrogens is 4. The smallest absolute Gasteiger partial charge is 0.412 e. The monoisotopic (exact) mass is 564 g/mol. The standard InChI is InChI=1S/C32H29FN6O3/c1-21(22-5-9-24(33)10-6-22)42-32(40)37-25-11-7-23(8-12-25)31-29(18-34)28-17-27(41-16-15-38-20-35-19-36-38)13-14-30(28)39(31)26-3-2-4-26/h5-14,17,19-21,26H,2-4,15-16H2,1H3,(H,37,40). The molecule has 0 saturated heterocycles. The second kappa shape index (κ2) is 11.7. The summed E-state index contributed by atoms with van der Waals surface area (Å²) in [5, 5.41) is 18.0. The van der Waals surface area contributed by atoms with Crippen LogP contribution in [0.5, 0.6) is 5.75 Å². The first-order chi connectivity index (χ1) is 20.5. The average Bonchev–Trinajstić information content (AvgIpc) is 3.59. The minimum Gasteiger partial charge on any atom is -0.492 e. The van der Waals surface area contributed by atoms with Gasteiger partial charge in [0.25, 0.3) is 0 Å². The first-order valence-electron chi connectivity index (χ1n) is 13.9. The molecule has 10 heteroatoms. The minimum absolute atomic E-state index is 0.310. The maximum atomic E-state index is 13.2. The Morgan fingerprint density at radius 3 is 2.60 bits per heavy atom. The molecule has 212 valence electrons. The maximum Gasteiger partial charge on any atom is 0.412 e. The van der Waals surface area contributed by atoms with Crippen LogP contribution in [0.4, 0.5) is 14.9 Å². The summed E-state index contributed by atoms with van der Waals surface area (Å²) in [5.74, 6) is 0.337. The zero-order valence-corrected chi connectivity index (χ0v) is 23.0. The second-order valence-corrected chi connectivity index (χ2v) is 10.3. The first kappa shape index (κ1) is 27.0. The fourth-order valence-corrected chi connectivity index (χ4v) is 5.23. The van der Waals surface area contributed by atoms with E-state index >= 15 is 0 Å². The SMILES string of the molecule is CC(OC(=O)Nc1ccc(-c2c(C#N)c3cc(OCCn4cncn4)ccc3n2C2CCC2)cc1)c1ccc(F)cc1. The zero-order chi connectivity index (χ0) is 29.1. The third-order valence-corrected chi connectivity index (χ3v) is 7.61. The molecule has 1 amide bonds. The van der Waals surface area contributed by atoms with Gasteiger partial charge in [0.2, 0.25) is 0 Å². The summed E-state index contributed by atoms with van der Waals surface area (Å²) in [7, 11) is 0. The molecule has 42 heavy (non-hydrogen) atoms. The largest absolute Gasteiger partial charge is 0.492 e. The number of benzene rings is 3. The molecule has 0 spiro atoms. The highest BCUT2D eigenvalue weighted by atomic mass is 19.1. The van der Waals surface area contributed by atoms with Gasteiger partial charge < -0.3 is 14.0 Å². The normalized spacial score (nSPS) is 13.7. The number of carbonyl (C=O) groups excluding carboxylic acids is 1. The van der Waals surface area contributed by atoms with Crippen molar-refractivity contribution in [3.05, 3.63) is 96.3 Å². The van der Waals surface area contributed by atoms with Gasteiger partial charge in [-0.2, -0.15) is 10.4 Å². The second-order valence-electron chi connectivity index (χ2n) is 10.3. The van der Waals surface area contributed by atoms with E-state index < -0.39 is 12.2 Å². The van der Waals surface area contributed by atoms with Crippen molar-refractivity contribution in [2.24, 2.45) is 0 Å². The number of nitrogens with zero attached hydrogens (tertiary/aromatic N) is 5. The number of fused-ring (bicyclic) bond motifs is 1. The molecule has 1 aliphatic carbocycles. The molecule has 2 heterocycles. The summed E-state index contributed by atoms with van der Waals surface area (Å²) in [4.78, 5) is 16.5. The van der Waals surface area contributed by atoms with Gasteiger partial charge in [-0.15, -0.1) is 0 Å². The Labute approximate surface area is 242 Å². The number of carbonyl (C=O) groups is 1. The summed E-state index contributed by atoms with van der Waals surface area (Å²) in [6, 6.07) is 21.9. The van der Waals surface area contributed by atoms with Crippen LogP contribution in [0.1, 0.15) is 49.5 Å². The molecule has 1 saturated carbocycles. The molecule has 0 aliphatic heterocycles. The predicted octanol–water partition coefficient (Wildman–Crippen LogP) is 7.02. The van der Waals surface area contributed by atoms with Gasteiger partial charge >= 0.3 is 6.09 Å². The van der Waals surface area contributed by atoms with Gasteiger partial charge in [0.1, 0.15) is 43.0 Å². The van der Waals surface area contributed by atoms with Crippen molar-refractivity contribution in [3.63, 3.8) is 0 Å². The lowest BCUT2D eigenvalue weighted by atomic mass is 9.92. The predicted molar refractivity (Wildman–Crippen MR) is 155 cm³/mol. The van der Waals surface area contributed by atoms with Crippen LogP contribution >= 0.6 is 0 Å². The van der Waals surface area contributed by atoms with E-state index in [0.717, 1.165) is 41.4 Å². The number of hydrogen-bond donors (Lipinski definition) is 1. The van der Waals surface area contributed by atoms with Crippen LogP contribution < -0.4 is 10.1 Å². The highest BCUT2D eigenvalue weighted by molar-refractivity contribution is 5.96. The van der Waals surface area contributed by atoms with Gasteiger partial charge in [-0.3, -0.25) is 5.32 Å². The van der Waals surface area contributed by atoms with Crippen molar-refractivity contribution in [1.29, 1.82) is 5.26 Å². The zero-order valence-electron chi connectivity index (χ0n) is 23.0. The highest BCUT2D eigenvalue weighted by Gasteiger charge is 2.28. The Bertz CT molecular complexity index is 1740. The van der Waals surface area contributed by atoms with Crippen LogP contribution in [-0.2, 0) is 11.3 Å². The van der Waals surface area contributed by atoms with E-state index in [0.29, 0.717) is 41.8 Å². The van der Waals surface area contributed by atoms with E-state index in [1.54, 1.807) is 42.2 Å². The first-order valence-corrected chi connectivity index (χ1v) is 13.9. The molecule has 0 radical (unpaired) electrons. The van der Waals surface area contributed by atoms with E-state index in [9.17, 15) is 14.4 Å². The van der Waals surface area contributed by atoms with Gasteiger partial charge in [-0.05, 0) is 79.8 Å². The van der Waals surface area contributed by atoms with Gasteiger partial charge in [0, 0.05) is 17.1 Å². The van der Waals surface area contributed by atoms with Crippen LogP contribution in [0.3, 0.4) is 0 Å². The van der Waals surface area contributed by atoms with E-state index in [-0.39, 0.29) is 5.82 Å². The van der Waals surface area contributed by atoms with Crippen molar-refractivity contribution >= 4 is 22.7 Å². The average molecular weight is 565 g/mol. The highest BCUT2D eigenvalue weighted by Crippen LogP contribution is 2.43. The minimum atomic E-state index is -0.614. The lowest BCUT2D eigenvalue weighted by molar-refractivity contribution is 0.121. The van der Waals surface area contributed by atoms with Crippen molar-refractivity contribution in [3.8, 4) is 23.1 Å². The Morgan fingerprint density at radius 2 is 1.93 bits per heavy atom. The fourth-order valence-electron chi connectivity index (χ4n) is 5.23. The Balaban J connectivity index is 1.23. The number of halogens is 1. The van der Waals surface area contributed by atoms with E-state index in [1.807, 2.05) is 30.3 Å². The summed E-state index contributed by atoms with van der Waals surface area (Å²) >= 11 is 0. The molecule has 1 fully saturated rings.